The summed E-state index contributed by atoms with van der Waals surface area (Å²) in [7, 11) is 3.34. The molecule has 140 valence electrons. The van der Waals surface area contributed by atoms with E-state index in [2.05, 4.69) is 11.4 Å². The third-order valence-electron chi connectivity index (χ3n) is 5.16. The molecule has 0 saturated carbocycles. The molecule has 3 unspecified atom stereocenters. The topological polar surface area (TPSA) is 71.0 Å². The molecule has 5 heteroatoms. The van der Waals surface area contributed by atoms with Gasteiger partial charge in [-0.05, 0) is 55.5 Å². The summed E-state index contributed by atoms with van der Waals surface area (Å²) in [6.07, 6.45) is 2.16. The number of phenols is 1. The summed E-state index contributed by atoms with van der Waals surface area (Å²) in [6, 6.07) is 11.0. The molecule has 1 aliphatic rings. The highest BCUT2D eigenvalue weighted by Gasteiger charge is 2.26. The zero-order valence-corrected chi connectivity index (χ0v) is 15.5. The lowest BCUT2D eigenvalue weighted by molar-refractivity contribution is 0.127. The Balaban J connectivity index is 1.68. The van der Waals surface area contributed by atoms with Gasteiger partial charge in [0, 0.05) is 17.6 Å². The predicted molar refractivity (Wildman–Crippen MR) is 101 cm³/mol. The molecule has 26 heavy (non-hydrogen) atoms. The first-order chi connectivity index (χ1) is 12.5. The van der Waals surface area contributed by atoms with Crippen molar-refractivity contribution in [1.82, 2.24) is 5.32 Å². The smallest absolute Gasteiger partial charge is 0.164 e. The average molecular weight is 357 g/mol. The fraction of sp³-hybridized carbons (Fsp3) is 0.429. The van der Waals surface area contributed by atoms with E-state index in [1.165, 1.54) is 11.1 Å². The molecule has 0 radical (unpaired) electrons. The molecule has 5 nitrogen and oxygen atoms in total. The minimum absolute atomic E-state index is 0.0914. The summed E-state index contributed by atoms with van der Waals surface area (Å²) >= 11 is 0. The fourth-order valence-corrected chi connectivity index (χ4v) is 3.75. The number of phenolic OH excluding ortho intramolecular Hbond substituents is 1. The molecule has 0 fully saturated rings. The number of aromatic hydroxyl groups is 1. The van der Waals surface area contributed by atoms with Gasteiger partial charge in [0.1, 0.15) is 5.75 Å². The highest BCUT2D eigenvalue weighted by atomic mass is 16.5. The van der Waals surface area contributed by atoms with Gasteiger partial charge >= 0.3 is 0 Å². The van der Waals surface area contributed by atoms with Crippen LogP contribution in [0.2, 0.25) is 0 Å². The Bertz CT molecular complexity index is 744. The number of rotatable bonds is 6. The Hall–Kier alpha value is -2.24. The van der Waals surface area contributed by atoms with Crippen LogP contribution in [0.4, 0.5) is 0 Å². The van der Waals surface area contributed by atoms with Gasteiger partial charge in [-0.3, -0.25) is 0 Å². The van der Waals surface area contributed by atoms with Gasteiger partial charge in [-0.25, -0.2) is 0 Å². The number of aliphatic hydroxyl groups excluding tert-OH is 1. The summed E-state index contributed by atoms with van der Waals surface area (Å²) < 4.78 is 10.9. The molecular formula is C21H27NO4. The van der Waals surface area contributed by atoms with Crippen LogP contribution in [0, 0.1) is 0 Å². The first kappa shape index (κ1) is 18.5. The predicted octanol–water partition coefficient (Wildman–Crippen LogP) is 2.98. The molecule has 2 aromatic rings. The van der Waals surface area contributed by atoms with Crippen molar-refractivity contribution in [2.24, 2.45) is 0 Å². The highest BCUT2D eigenvalue weighted by molar-refractivity contribution is 5.52. The Morgan fingerprint density at radius 2 is 1.81 bits per heavy atom. The summed E-state index contributed by atoms with van der Waals surface area (Å²) in [4.78, 5) is 0. The van der Waals surface area contributed by atoms with Crippen LogP contribution in [0.1, 0.15) is 36.1 Å². The van der Waals surface area contributed by atoms with Crippen LogP contribution in [0.3, 0.4) is 0 Å². The zero-order valence-electron chi connectivity index (χ0n) is 15.5. The van der Waals surface area contributed by atoms with Crippen molar-refractivity contribution in [3.8, 4) is 17.2 Å². The molecule has 1 aliphatic carbocycles. The Morgan fingerprint density at radius 1 is 1.08 bits per heavy atom. The number of hydrogen-bond donors (Lipinski definition) is 3. The van der Waals surface area contributed by atoms with Crippen molar-refractivity contribution >= 4 is 0 Å². The fourth-order valence-electron chi connectivity index (χ4n) is 3.75. The second-order valence-corrected chi connectivity index (χ2v) is 6.87. The quantitative estimate of drug-likeness (QED) is 0.741. The molecule has 0 heterocycles. The second kappa shape index (κ2) is 7.98. The maximum absolute atomic E-state index is 10.6. The van der Waals surface area contributed by atoms with E-state index in [1.54, 1.807) is 38.5 Å². The molecule has 0 aliphatic heterocycles. The van der Waals surface area contributed by atoms with Crippen molar-refractivity contribution < 1.29 is 19.7 Å². The van der Waals surface area contributed by atoms with Gasteiger partial charge in [0.2, 0.25) is 0 Å². The summed E-state index contributed by atoms with van der Waals surface area (Å²) in [5.74, 6) is 1.81. The van der Waals surface area contributed by atoms with E-state index in [0.29, 0.717) is 6.04 Å². The van der Waals surface area contributed by atoms with E-state index in [4.69, 9.17) is 9.47 Å². The minimum Gasteiger partial charge on any atom is -0.508 e. The lowest BCUT2D eigenvalue weighted by Crippen LogP contribution is -2.43. The van der Waals surface area contributed by atoms with E-state index in [0.717, 1.165) is 36.3 Å². The van der Waals surface area contributed by atoms with Crippen molar-refractivity contribution in [1.29, 1.82) is 0 Å². The number of aliphatic hydroxyl groups is 1. The molecular weight excluding hydrogens is 330 g/mol. The molecule has 3 N–H and O–H groups in total. The normalized spacial score (nSPS) is 18.7. The zero-order chi connectivity index (χ0) is 18.7. The molecule has 3 atom stereocenters. The third-order valence-corrected chi connectivity index (χ3v) is 5.16. The number of methoxy groups -OCH3 is 2. The number of nitrogens with one attached hydrogen (secondary N) is 1. The average Bonchev–Trinajstić information content (AvgIpc) is 2.66. The van der Waals surface area contributed by atoms with Gasteiger partial charge in [0.15, 0.2) is 11.5 Å². The maximum Gasteiger partial charge on any atom is 0.164 e. The molecule has 0 aromatic heterocycles. The summed E-state index contributed by atoms with van der Waals surface area (Å²) in [6.45, 7) is 1.99. The minimum atomic E-state index is -0.623. The van der Waals surface area contributed by atoms with Crippen molar-refractivity contribution in [2.75, 3.05) is 14.2 Å². The van der Waals surface area contributed by atoms with Gasteiger partial charge in [0.25, 0.3) is 0 Å². The van der Waals surface area contributed by atoms with Crippen LogP contribution in [-0.2, 0) is 12.8 Å². The number of benzene rings is 2. The van der Waals surface area contributed by atoms with Gasteiger partial charge in [0.05, 0.1) is 20.3 Å². The Morgan fingerprint density at radius 3 is 2.46 bits per heavy atom. The van der Waals surface area contributed by atoms with Crippen molar-refractivity contribution in [3.63, 3.8) is 0 Å². The molecule has 0 spiro atoms. The third kappa shape index (κ3) is 3.79. The summed E-state index contributed by atoms with van der Waals surface area (Å²) in [5.41, 5.74) is 3.28. The van der Waals surface area contributed by atoms with E-state index >= 15 is 0 Å². The van der Waals surface area contributed by atoms with Gasteiger partial charge in [-0.2, -0.15) is 0 Å². The van der Waals surface area contributed by atoms with E-state index in [-0.39, 0.29) is 11.8 Å². The lowest BCUT2D eigenvalue weighted by atomic mass is 9.86. The molecule has 2 aromatic carbocycles. The molecule has 0 saturated heterocycles. The van der Waals surface area contributed by atoms with Gasteiger partial charge in [-0.1, -0.05) is 18.2 Å². The first-order valence-electron chi connectivity index (χ1n) is 8.99. The largest absolute Gasteiger partial charge is 0.508 e. The maximum atomic E-state index is 10.6. The molecule has 0 amide bonds. The first-order valence-corrected chi connectivity index (χ1v) is 8.99. The number of hydrogen-bond acceptors (Lipinski definition) is 5. The van der Waals surface area contributed by atoms with Crippen molar-refractivity contribution in [3.05, 3.63) is 53.1 Å². The monoisotopic (exact) mass is 357 g/mol. The van der Waals surface area contributed by atoms with Crippen molar-refractivity contribution in [2.45, 2.75) is 44.4 Å². The van der Waals surface area contributed by atoms with Gasteiger partial charge in [-0.15, -0.1) is 0 Å². The summed E-state index contributed by atoms with van der Waals surface area (Å²) in [5, 5.41) is 23.5. The molecule has 3 rings (SSSR count). The SMILES string of the molecule is COc1ccc2c(c1OC)CCC(NC(C)C(O)c1ccc(O)cc1)C2. The molecule has 0 bridgehead atoms. The van der Waals surface area contributed by atoms with E-state index in [9.17, 15) is 10.2 Å². The number of fused-ring (bicyclic) bond motifs is 1. The van der Waals surface area contributed by atoms with Gasteiger partial charge < -0.3 is 25.0 Å². The Labute approximate surface area is 154 Å². The Kier molecular flexibility index (Phi) is 5.69. The highest BCUT2D eigenvalue weighted by Crippen LogP contribution is 2.37. The van der Waals surface area contributed by atoms with Crippen LogP contribution in [0.25, 0.3) is 0 Å². The van der Waals surface area contributed by atoms with Crippen LogP contribution in [0.5, 0.6) is 17.2 Å². The van der Waals surface area contributed by atoms with Crippen LogP contribution >= 0.6 is 0 Å². The number of ether oxygens (including phenoxy) is 2. The van der Waals surface area contributed by atoms with E-state index in [1.807, 2.05) is 13.0 Å². The standard InChI is InChI=1S/C21H27NO4/c1-13(20(24)14-4-8-17(23)9-5-14)22-16-7-10-18-15(12-16)6-11-19(25-2)21(18)26-3/h4-6,8-9,11,13,16,20,22-24H,7,10,12H2,1-3H3. The van der Waals surface area contributed by atoms with Crippen LogP contribution < -0.4 is 14.8 Å². The lowest BCUT2D eigenvalue weighted by Gasteiger charge is -2.31. The second-order valence-electron chi connectivity index (χ2n) is 6.87. The van der Waals surface area contributed by atoms with E-state index < -0.39 is 6.10 Å². The van der Waals surface area contributed by atoms with Crippen LogP contribution in [0.15, 0.2) is 36.4 Å². The van der Waals surface area contributed by atoms with Crippen LogP contribution in [-0.4, -0.2) is 36.5 Å².